The Kier molecular flexibility index (Phi) is 3.35. The number of pyridine rings is 1. The smallest absolute Gasteiger partial charge is 0.259 e. The largest absolute Gasteiger partial charge is 0.353 e. The maximum absolute atomic E-state index is 6.31. The van der Waals surface area contributed by atoms with Crippen LogP contribution in [0.5, 0.6) is 0 Å². The summed E-state index contributed by atoms with van der Waals surface area (Å²) >= 11 is 6.31. The third-order valence-corrected chi connectivity index (χ3v) is 3.29. The van der Waals surface area contributed by atoms with Gasteiger partial charge in [-0.25, -0.2) is 4.98 Å². The van der Waals surface area contributed by atoms with Gasteiger partial charge in [-0.1, -0.05) is 16.8 Å². The molecule has 3 heterocycles. The number of rotatable bonds is 2. The van der Waals surface area contributed by atoms with Crippen molar-refractivity contribution in [2.24, 2.45) is 0 Å². The predicted octanol–water partition coefficient (Wildman–Crippen LogP) is 1.50. The van der Waals surface area contributed by atoms with Crippen LogP contribution in [-0.4, -0.2) is 41.3 Å². The Labute approximate surface area is 115 Å². The number of nitrogens with zero attached hydrogens (tertiary/aromatic N) is 4. The first-order valence-corrected chi connectivity index (χ1v) is 6.54. The van der Waals surface area contributed by atoms with E-state index in [1.165, 1.54) is 0 Å². The lowest BCUT2D eigenvalue weighted by Gasteiger charge is -2.29. The summed E-state index contributed by atoms with van der Waals surface area (Å²) in [6.45, 7) is 5.49. The topological polar surface area (TPSA) is 67.1 Å². The zero-order valence-electron chi connectivity index (χ0n) is 10.6. The van der Waals surface area contributed by atoms with E-state index in [9.17, 15) is 0 Å². The van der Waals surface area contributed by atoms with Crippen molar-refractivity contribution in [1.82, 2.24) is 20.4 Å². The fraction of sp³-hybridized carbons (Fsp3) is 0.417. The molecule has 0 saturated carbocycles. The minimum atomic E-state index is 0.443. The third kappa shape index (κ3) is 2.54. The van der Waals surface area contributed by atoms with Crippen LogP contribution >= 0.6 is 11.6 Å². The first kappa shape index (κ1) is 12.4. The average Bonchev–Trinajstić information content (AvgIpc) is 2.86. The van der Waals surface area contributed by atoms with E-state index < -0.39 is 0 Å². The van der Waals surface area contributed by atoms with Crippen LogP contribution in [0.1, 0.15) is 5.82 Å². The number of hydrogen-bond acceptors (Lipinski definition) is 6. The lowest BCUT2D eigenvalue weighted by Crippen LogP contribution is -2.44. The Hall–Kier alpha value is -1.66. The Morgan fingerprint density at radius 2 is 2.16 bits per heavy atom. The van der Waals surface area contributed by atoms with Gasteiger partial charge in [0.15, 0.2) is 5.82 Å². The van der Waals surface area contributed by atoms with E-state index in [-0.39, 0.29) is 0 Å². The summed E-state index contributed by atoms with van der Waals surface area (Å²) in [5.41, 5.74) is 0.740. The molecule has 100 valence electrons. The van der Waals surface area contributed by atoms with Gasteiger partial charge in [-0.15, -0.1) is 0 Å². The van der Waals surface area contributed by atoms with E-state index in [0.29, 0.717) is 16.7 Å². The molecule has 0 unspecified atom stereocenters. The molecule has 0 amide bonds. The van der Waals surface area contributed by atoms with Gasteiger partial charge in [0.1, 0.15) is 5.82 Å². The van der Waals surface area contributed by atoms with Gasteiger partial charge in [-0.2, -0.15) is 4.98 Å². The molecule has 0 radical (unpaired) electrons. The van der Waals surface area contributed by atoms with Crippen molar-refractivity contribution in [3.63, 3.8) is 0 Å². The summed E-state index contributed by atoms with van der Waals surface area (Å²) < 4.78 is 5.11. The maximum Gasteiger partial charge on any atom is 0.259 e. The minimum absolute atomic E-state index is 0.443. The molecule has 0 atom stereocenters. The zero-order chi connectivity index (χ0) is 13.2. The Bertz CT molecular complexity index is 579. The fourth-order valence-corrected chi connectivity index (χ4v) is 2.36. The second kappa shape index (κ2) is 5.14. The molecular weight excluding hydrogens is 266 g/mol. The van der Waals surface area contributed by atoms with Crippen LogP contribution in [0, 0.1) is 6.92 Å². The molecule has 0 aliphatic carbocycles. The van der Waals surface area contributed by atoms with Crippen molar-refractivity contribution in [2.45, 2.75) is 6.92 Å². The Morgan fingerprint density at radius 1 is 1.37 bits per heavy atom. The van der Waals surface area contributed by atoms with Crippen LogP contribution in [0.25, 0.3) is 11.5 Å². The van der Waals surface area contributed by atoms with Crippen LogP contribution in [-0.2, 0) is 0 Å². The zero-order valence-corrected chi connectivity index (χ0v) is 11.3. The molecule has 1 saturated heterocycles. The highest BCUT2D eigenvalue weighted by Crippen LogP contribution is 2.28. The van der Waals surface area contributed by atoms with E-state index in [0.717, 1.165) is 37.6 Å². The fourth-order valence-electron chi connectivity index (χ4n) is 2.07. The number of nitrogens with one attached hydrogen (secondary N) is 1. The lowest BCUT2D eigenvalue weighted by atomic mass is 10.2. The second-order valence-electron chi connectivity index (χ2n) is 4.41. The van der Waals surface area contributed by atoms with E-state index in [1.807, 2.05) is 6.07 Å². The van der Waals surface area contributed by atoms with Crippen molar-refractivity contribution in [2.75, 3.05) is 31.1 Å². The van der Waals surface area contributed by atoms with Crippen molar-refractivity contribution in [3.8, 4) is 11.5 Å². The van der Waals surface area contributed by atoms with Crippen molar-refractivity contribution in [1.29, 1.82) is 0 Å². The standard InChI is InChI=1S/C12H14ClN5O/c1-8-16-12(19-17-8)9-6-10(13)11(15-7-9)18-4-2-14-3-5-18/h6-7,14H,2-5H2,1H3. The van der Waals surface area contributed by atoms with Gasteiger partial charge in [0, 0.05) is 32.4 Å². The number of piperazine rings is 1. The molecule has 2 aromatic rings. The highest BCUT2D eigenvalue weighted by Gasteiger charge is 2.16. The van der Waals surface area contributed by atoms with Crippen LogP contribution in [0.3, 0.4) is 0 Å². The van der Waals surface area contributed by atoms with Gasteiger partial charge in [-0.05, 0) is 13.0 Å². The van der Waals surface area contributed by atoms with E-state index in [2.05, 4.69) is 25.3 Å². The van der Waals surface area contributed by atoms with Crippen LogP contribution in [0.15, 0.2) is 16.8 Å². The summed E-state index contributed by atoms with van der Waals surface area (Å²) in [6.07, 6.45) is 1.72. The van der Waals surface area contributed by atoms with E-state index in [1.54, 1.807) is 13.1 Å². The predicted molar refractivity (Wildman–Crippen MR) is 72.4 cm³/mol. The van der Waals surface area contributed by atoms with Crippen molar-refractivity contribution < 1.29 is 4.52 Å². The quantitative estimate of drug-likeness (QED) is 0.899. The van der Waals surface area contributed by atoms with Gasteiger partial charge in [0.2, 0.25) is 0 Å². The Balaban J connectivity index is 1.89. The monoisotopic (exact) mass is 279 g/mol. The molecule has 2 aromatic heterocycles. The average molecular weight is 280 g/mol. The number of aromatic nitrogens is 3. The second-order valence-corrected chi connectivity index (χ2v) is 4.82. The Morgan fingerprint density at radius 3 is 2.79 bits per heavy atom. The van der Waals surface area contributed by atoms with E-state index >= 15 is 0 Å². The molecule has 3 rings (SSSR count). The van der Waals surface area contributed by atoms with Gasteiger partial charge in [0.05, 0.1) is 10.6 Å². The molecule has 7 heteroatoms. The van der Waals surface area contributed by atoms with Gasteiger partial charge in [0.25, 0.3) is 5.89 Å². The van der Waals surface area contributed by atoms with Gasteiger partial charge < -0.3 is 14.7 Å². The van der Waals surface area contributed by atoms with Crippen LogP contribution in [0.2, 0.25) is 5.02 Å². The number of aryl methyl sites for hydroxylation is 1. The summed E-state index contributed by atoms with van der Waals surface area (Å²) in [5.74, 6) is 1.85. The van der Waals surface area contributed by atoms with Crippen LogP contribution in [0.4, 0.5) is 5.82 Å². The molecule has 19 heavy (non-hydrogen) atoms. The molecule has 0 aromatic carbocycles. The summed E-state index contributed by atoms with van der Waals surface area (Å²) in [7, 11) is 0. The molecule has 6 nitrogen and oxygen atoms in total. The third-order valence-electron chi connectivity index (χ3n) is 3.01. The minimum Gasteiger partial charge on any atom is -0.353 e. The summed E-state index contributed by atoms with van der Waals surface area (Å²) in [6, 6.07) is 1.82. The molecule has 1 N–H and O–H groups in total. The first-order valence-electron chi connectivity index (χ1n) is 6.16. The van der Waals surface area contributed by atoms with E-state index in [4.69, 9.17) is 16.1 Å². The lowest BCUT2D eigenvalue weighted by molar-refractivity contribution is 0.425. The molecule has 1 fully saturated rings. The van der Waals surface area contributed by atoms with Crippen LogP contribution < -0.4 is 10.2 Å². The molecule has 0 bridgehead atoms. The maximum atomic E-state index is 6.31. The van der Waals surface area contributed by atoms with Gasteiger partial charge >= 0.3 is 0 Å². The summed E-state index contributed by atoms with van der Waals surface area (Å²) in [5, 5.41) is 7.66. The molecular formula is C12H14ClN5O. The first-order chi connectivity index (χ1) is 9.24. The highest BCUT2D eigenvalue weighted by atomic mass is 35.5. The SMILES string of the molecule is Cc1noc(-c2cnc(N3CCNCC3)c(Cl)c2)n1. The highest BCUT2D eigenvalue weighted by molar-refractivity contribution is 6.33. The summed E-state index contributed by atoms with van der Waals surface area (Å²) in [4.78, 5) is 10.8. The number of halogens is 1. The van der Waals surface area contributed by atoms with Gasteiger partial charge in [-0.3, -0.25) is 0 Å². The molecule has 1 aliphatic heterocycles. The number of hydrogen-bond donors (Lipinski definition) is 1. The van der Waals surface area contributed by atoms with Crippen molar-refractivity contribution >= 4 is 17.4 Å². The normalized spacial score (nSPS) is 15.8. The van der Waals surface area contributed by atoms with Crippen molar-refractivity contribution in [3.05, 3.63) is 23.1 Å². The molecule has 1 aliphatic rings. The molecule has 0 spiro atoms. The number of anilines is 1.